The Morgan fingerprint density at radius 3 is 2.42 bits per heavy atom. The highest BCUT2D eigenvalue weighted by atomic mass is 19.1. The number of hydrogen-bond donors (Lipinski definition) is 3. The standard InChI is InChI=1S/C27H22FN3O2/c1-2-23(24-10-9-22(28)14-20(24)15-29)27(19-8-11-25(31)21(13-19)16-30)18-6-3-17(4-7-18)5-12-26(32)33/h3-14,16,30H,2,31H2,1H3,(H,32,33)/b12-5+,27-23+,30-16?. The van der Waals surface area contributed by atoms with E-state index in [9.17, 15) is 14.4 Å². The van der Waals surface area contributed by atoms with Crippen molar-refractivity contribution in [2.24, 2.45) is 0 Å². The molecule has 0 amide bonds. The number of carboxylic acids is 1. The molecule has 0 radical (unpaired) electrons. The minimum absolute atomic E-state index is 0.230. The average molecular weight is 439 g/mol. The number of nitriles is 1. The molecule has 6 heteroatoms. The maximum absolute atomic E-state index is 13.8. The van der Waals surface area contributed by atoms with Gasteiger partial charge in [0.2, 0.25) is 0 Å². The first kappa shape index (κ1) is 23.2. The van der Waals surface area contributed by atoms with E-state index in [1.807, 2.05) is 25.1 Å². The SMILES string of the molecule is CC/C(=C(/c1ccc(/C=C/C(=O)O)cc1)c1ccc(N)c(C=N)c1)c1ccc(F)cc1C#N. The molecule has 0 aromatic heterocycles. The summed E-state index contributed by atoms with van der Waals surface area (Å²) in [7, 11) is 0. The summed E-state index contributed by atoms with van der Waals surface area (Å²) in [5.41, 5.74) is 11.9. The van der Waals surface area contributed by atoms with Crippen molar-refractivity contribution in [3.05, 3.63) is 106 Å². The summed E-state index contributed by atoms with van der Waals surface area (Å²) in [6.07, 6.45) is 4.30. The predicted octanol–water partition coefficient (Wildman–Crippen LogP) is 5.74. The molecule has 164 valence electrons. The van der Waals surface area contributed by atoms with E-state index < -0.39 is 11.8 Å². The lowest BCUT2D eigenvalue weighted by Crippen LogP contribution is -2.00. The summed E-state index contributed by atoms with van der Waals surface area (Å²) in [5.74, 6) is -1.52. The number of nitrogen functional groups attached to an aromatic ring is 1. The first-order valence-corrected chi connectivity index (χ1v) is 10.2. The zero-order valence-electron chi connectivity index (χ0n) is 18.0. The van der Waals surface area contributed by atoms with Gasteiger partial charge in [-0.15, -0.1) is 0 Å². The topological polar surface area (TPSA) is 111 Å². The van der Waals surface area contributed by atoms with E-state index in [0.717, 1.165) is 33.9 Å². The van der Waals surface area contributed by atoms with Crippen LogP contribution in [0.25, 0.3) is 17.2 Å². The van der Waals surface area contributed by atoms with Gasteiger partial charge in [-0.05, 0) is 70.2 Å². The summed E-state index contributed by atoms with van der Waals surface area (Å²) in [6, 6.07) is 18.9. The molecule has 0 bridgehead atoms. The van der Waals surface area contributed by atoms with E-state index in [0.29, 0.717) is 23.2 Å². The molecule has 0 heterocycles. The molecular weight excluding hydrogens is 417 g/mol. The summed E-state index contributed by atoms with van der Waals surface area (Å²) in [6.45, 7) is 1.96. The van der Waals surface area contributed by atoms with E-state index in [1.54, 1.807) is 30.3 Å². The van der Waals surface area contributed by atoms with Gasteiger partial charge in [-0.3, -0.25) is 0 Å². The van der Waals surface area contributed by atoms with Gasteiger partial charge in [-0.2, -0.15) is 5.26 Å². The van der Waals surface area contributed by atoms with Crippen LogP contribution in [0.15, 0.2) is 66.7 Å². The fourth-order valence-corrected chi connectivity index (χ4v) is 3.67. The van der Waals surface area contributed by atoms with Gasteiger partial charge in [0.15, 0.2) is 0 Å². The van der Waals surface area contributed by atoms with Crippen molar-refractivity contribution in [1.29, 1.82) is 10.7 Å². The molecule has 0 aliphatic carbocycles. The molecule has 4 N–H and O–H groups in total. The number of nitrogens with two attached hydrogens (primary N) is 1. The molecule has 0 saturated heterocycles. The second kappa shape index (κ2) is 10.2. The number of halogens is 1. The summed E-state index contributed by atoms with van der Waals surface area (Å²) in [5, 5.41) is 26.2. The highest BCUT2D eigenvalue weighted by molar-refractivity contribution is 6.01. The van der Waals surface area contributed by atoms with Crippen LogP contribution in [-0.4, -0.2) is 17.3 Å². The summed E-state index contributed by atoms with van der Waals surface area (Å²) < 4.78 is 13.8. The molecule has 0 saturated carbocycles. The number of carboxylic acid groups (broad SMARTS) is 1. The van der Waals surface area contributed by atoms with Crippen molar-refractivity contribution >= 4 is 35.1 Å². The minimum Gasteiger partial charge on any atom is -0.478 e. The maximum atomic E-state index is 13.8. The van der Waals surface area contributed by atoms with E-state index in [2.05, 4.69) is 6.07 Å². The molecular formula is C27H22FN3O2. The van der Waals surface area contributed by atoms with Crippen molar-refractivity contribution in [2.45, 2.75) is 13.3 Å². The van der Waals surface area contributed by atoms with Gasteiger partial charge in [0.05, 0.1) is 11.6 Å². The highest BCUT2D eigenvalue weighted by Crippen LogP contribution is 2.36. The zero-order valence-corrected chi connectivity index (χ0v) is 18.0. The monoisotopic (exact) mass is 439 g/mol. The fraction of sp³-hybridized carbons (Fsp3) is 0.0741. The van der Waals surface area contributed by atoms with Gasteiger partial charge < -0.3 is 16.2 Å². The number of carbonyl (C=O) groups is 1. The van der Waals surface area contributed by atoms with Crippen LogP contribution in [0.2, 0.25) is 0 Å². The average Bonchev–Trinajstić information content (AvgIpc) is 2.82. The Hall–Kier alpha value is -4.50. The zero-order chi connectivity index (χ0) is 24.0. The normalized spacial score (nSPS) is 11.7. The van der Waals surface area contributed by atoms with Gasteiger partial charge in [-0.25, -0.2) is 9.18 Å². The van der Waals surface area contributed by atoms with Gasteiger partial charge in [0.1, 0.15) is 5.82 Å². The Bertz CT molecular complexity index is 1320. The minimum atomic E-state index is -1.03. The van der Waals surface area contributed by atoms with Crippen molar-refractivity contribution in [3.8, 4) is 6.07 Å². The van der Waals surface area contributed by atoms with E-state index in [-0.39, 0.29) is 5.56 Å². The third-order valence-corrected chi connectivity index (χ3v) is 5.23. The Kier molecular flexibility index (Phi) is 7.17. The lowest BCUT2D eigenvalue weighted by Gasteiger charge is -2.18. The van der Waals surface area contributed by atoms with Crippen molar-refractivity contribution < 1.29 is 14.3 Å². The molecule has 3 rings (SSSR count). The number of rotatable bonds is 7. The fourth-order valence-electron chi connectivity index (χ4n) is 3.67. The number of aliphatic carboxylic acids is 1. The smallest absolute Gasteiger partial charge is 0.328 e. The Morgan fingerprint density at radius 2 is 1.82 bits per heavy atom. The van der Waals surface area contributed by atoms with Gasteiger partial charge in [0.25, 0.3) is 0 Å². The van der Waals surface area contributed by atoms with Crippen LogP contribution in [-0.2, 0) is 4.79 Å². The van der Waals surface area contributed by atoms with E-state index >= 15 is 0 Å². The number of nitrogens with one attached hydrogen (secondary N) is 1. The maximum Gasteiger partial charge on any atom is 0.328 e. The Morgan fingerprint density at radius 1 is 1.12 bits per heavy atom. The first-order valence-electron chi connectivity index (χ1n) is 10.2. The molecule has 33 heavy (non-hydrogen) atoms. The lowest BCUT2D eigenvalue weighted by atomic mass is 9.85. The molecule has 5 nitrogen and oxygen atoms in total. The number of anilines is 1. The van der Waals surface area contributed by atoms with Crippen molar-refractivity contribution in [2.75, 3.05) is 5.73 Å². The first-order chi connectivity index (χ1) is 15.9. The second-order valence-electron chi connectivity index (χ2n) is 7.29. The van der Waals surface area contributed by atoms with Gasteiger partial charge in [-0.1, -0.05) is 43.3 Å². The summed E-state index contributed by atoms with van der Waals surface area (Å²) in [4.78, 5) is 10.8. The largest absolute Gasteiger partial charge is 0.478 e. The second-order valence-corrected chi connectivity index (χ2v) is 7.29. The predicted molar refractivity (Wildman–Crippen MR) is 129 cm³/mol. The highest BCUT2D eigenvalue weighted by Gasteiger charge is 2.17. The summed E-state index contributed by atoms with van der Waals surface area (Å²) >= 11 is 0. The van der Waals surface area contributed by atoms with Crippen molar-refractivity contribution in [1.82, 2.24) is 0 Å². The van der Waals surface area contributed by atoms with Crippen LogP contribution in [0.3, 0.4) is 0 Å². The molecule has 3 aromatic rings. The van der Waals surface area contributed by atoms with Crippen molar-refractivity contribution in [3.63, 3.8) is 0 Å². The van der Waals surface area contributed by atoms with Crippen LogP contribution in [0.1, 0.15) is 46.7 Å². The molecule has 0 unspecified atom stereocenters. The molecule has 0 spiro atoms. The van der Waals surface area contributed by atoms with Crippen LogP contribution in [0, 0.1) is 22.6 Å². The molecule has 3 aromatic carbocycles. The van der Waals surface area contributed by atoms with Gasteiger partial charge >= 0.3 is 5.97 Å². The number of nitrogens with zero attached hydrogens (tertiary/aromatic N) is 1. The van der Waals surface area contributed by atoms with Crippen LogP contribution >= 0.6 is 0 Å². The van der Waals surface area contributed by atoms with E-state index in [1.165, 1.54) is 24.4 Å². The van der Waals surface area contributed by atoms with Crippen LogP contribution in [0.4, 0.5) is 10.1 Å². The molecule has 0 atom stereocenters. The van der Waals surface area contributed by atoms with Gasteiger partial charge in [0, 0.05) is 23.5 Å². The molecule has 0 fully saturated rings. The van der Waals surface area contributed by atoms with Crippen LogP contribution < -0.4 is 5.73 Å². The lowest BCUT2D eigenvalue weighted by molar-refractivity contribution is -0.131. The Labute approximate surface area is 191 Å². The number of allylic oxidation sites excluding steroid dienone is 1. The Balaban J connectivity index is 2.31. The van der Waals surface area contributed by atoms with E-state index in [4.69, 9.17) is 16.2 Å². The third-order valence-electron chi connectivity index (χ3n) is 5.23. The third kappa shape index (κ3) is 5.23. The van der Waals surface area contributed by atoms with Crippen LogP contribution in [0.5, 0.6) is 0 Å². The quantitative estimate of drug-likeness (QED) is 0.188. The molecule has 0 aliphatic rings. The molecule has 0 aliphatic heterocycles. The number of benzene rings is 3. The number of hydrogen-bond acceptors (Lipinski definition) is 4.